The fourth-order valence-electron chi connectivity index (χ4n) is 1.88. The number of rotatable bonds is 3. The minimum absolute atomic E-state index is 0.0632. The summed E-state index contributed by atoms with van der Waals surface area (Å²) >= 11 is 5.81. The van der Waals surface area contributed by atoms with E-state index >= 15 is 0 Å². The van der Waals surface area contributed by atoms with Crippen LogP contribution in [0.2, 0.25) is 5.02 Å². The molecule has 0 unspecified atom stereocenters. The third kappa shape index (κ3) is 2.99. The molecule has 1 N–H and O–H groups in total. The Kier molecular flexibility index (Phi) is 3.89. The zero-order valence-corrected chi connectivity index (χ0v) is 12.0. The highest BCUT2D eigenvalue weighted by molar-refractivity contribution is 6.30. The predicted octanol–water partition coefficient (Wildman–Crippen LogP) is 4.39. The van der Waals surface area contributed by atoms with Crippen LogP contribution >= 0.6 is 11.6 Å². The van der Waals surface area contributed by atoms with Gasteiger partial charge in [-0.15, -0.1) is 0 Å². The monoisotopic (exact) mass is 316 g/mol. The summed E-state index contributed by atoms with van der Waals surface area (Å²) in [5.41, 5.74) is 0.888. The van der Waals surface area contributed by atoms with E-state index in [0.717, 1.165) is 5.56 Å². The summed E-state index contributed by atoms with van der Waals surface area (Å²) < 4.78 is 18.6. The van der Waals surface area contributed by atoms with Crippen molar-refractivity contribution in [3.8, 4) is 11.3 Å². The van der Waals surface area contributed by atoms with E-state index < -0.39 is 11.7 Å². The van der Waals surface area contributed by atoms with Crippen molar-refractivity contribution in [2.75, 3.05) is 5.32 Å². The van der Waals surface area contributed by atoms with Crippen LogP contribution in [0.1, 0.15) is 10.5 Å². The molecule has 0 aliphatic heterocycles. The quantitative estimate of drug-likeness (QED) is 0.779. The molecule has 4 nitrogen and oxygen atoms in total. The molecule has 1 aromatic heterocycles. The lowest BCUT2D eigenvalue weighted by molar-refractivity contribution is 0.101. The van der Waals surface area contributed by atoms with Crippen LogP contribution in [0.25, 0.3) is 11.3 Å². The fourth-order valence-corrected chi connectivity index (χ4v) is 2.01. The molecule has 0 saturated carbocycles. The van der Waals surface area contributed by atoms with Gasteiger partial charge in [0.05, 0.1) is 5.69 Å². The summed E-state index contributed by atoms with van der Waals surface area (Å²) in [5, 5.41) is 6.74. The molecule has 0 aliphatic rings. The van der Waals surface area contributed by atoms with Crippen molar-refractivity contribution in [1.29, 1.82) is 0 Å². The van der Waals surface area contributed by atoms with Gasteiger partial charge in [0.25, 0.3) is 5.91 Å². The Morgan fingerprint density at radius 1 is 1.14 bits per heavy atom. The topological polar surface area (TPSA) is 55.1 Å². The molecular formula is C16H10ClFN2O2. The smallest absolute Gasteiger partial charge is 0.277 e. The van der Waals surface area contributed by atoms with Gasteiger partial charge in [0.2, 0.25) is 0 Å². The van der Waals surface area contributed by atoms with Crippen LogP contribution in [0.3, 0.4) is 0 Å². The summed E-state index contributed by atoms with van der Waals surface area (Å²) in [4.78, 5) is 12.0. The Hall–Kier alpha value is -2.66. The van der Waals surface area contributed by atoms with E-state index in [2.05, 4.69) is 10.5 Å². The van der Waals surface area contributed by atoms with E-state index in [1.165, 1.54) is 18.2 Å². The van der Waals surface area contributed by atoms with Crippen LogP contribution in [0.4, 0.5) is 10.1 Å². The molecule has 0 bridgehead atoms. The number of halogens is 2. The van der Waals surface area contributed by atoms with Gasteiger partial charge in [0.1, 0.15) is 5.82 Å². The number of nitrogens with zero attached hydrogens (tertiary/aromatic N) is 1. The standard InChI is InChI=1S/C16H10ClFN2O2/c17-11-7-5-10(6-8-11)15-9-14(20-22-15)16(21)19-13-4-2-1-3-12(13)18/h1-9H,(H,19,21). The Labute approximate surface area is 130 Å². The van der Waals surface area contributed by atoms with Gasteiger partial charge in [0.15, 0.2) is 11.5 Å². The van der Waals surface area contributed by atoms with Crippen molar-refractivity contribution >= 4 is 23.2 Å². The summed E-state index contributed by atoms with van der Waals surface area (Å²) in [6.07, 6.45) is 0. The largest absolute Gasteiger partial charge is 0.355 e. The van der Waals surface area contributed by atoms with Gasteiger partial charge < -0.3 is 9.84 Å². The summed E-state index contributed by atoms with van der Waals surface area (Å²) in [5.74, 6) is -0.637. The number of aromatic nitrogens is 1. The zero-order valence-electron chi connectivity index (χ0n) is 11.2. The number of hydrogen-bond donors (Lipinski definition) is 1. The van der Waals surface area contributed by atoms with Crippen molar-refractivity contribution < 1.29 is 13.7 Å². The van der Waals surface area contributed by atoms with E-state index in [0.29, 0.717) is 10.8 Å². The maximum absolute atomic E-state index is 13.5. The third-order valence-electron chi connectivity index (χ3n) is 2.99. The van der Waals surface area contributed by atoms with Crippen molar-refractivity contribution in [3.63, 3.8) is 0 Å². The van der Waals surface area contributed by atoms with Crippen LogP contribution in [-0.4, -0.2) is 11.1 Å². The van der Waals surface area contributed by atoms with Crippen molar-refractivity contribution in [2.24, 2.45) is 0 Å². The number of anilines is 1. The first kappa shape index (κ1) is 14.3. The van der Waals surface area contributed by atoms with Gasteiger partial charge in [0, 0.05) is 16.7 Å². The van der Waals surface area contributed by atoms with Crippen molar-refractivity contribution in [3.05, 3.63) is 71.1 Å². The number of carbonyl (C=O) groups is 1. The molecule has 6 heteroatoms. The van der Waals surface area contributed by atoms with Crippen LogP contribution < -0.4 is 5.32 Å². The number of carbonyl (C=O) groups excluding carboxylic acids is 1. The zero-order chi connectivity index (χ0) is 15.5. The van der Waals surface area contributed by atoms with Gasteiger partial charge in [-0.1, -0.05) is 28.9 Å². The number of amides is 1. The lowest BCUT2D eigenvalue weighted by atomic mass is 10.1. The molecule has 110 valence electrons. The van der Waals surface area contributed by atoms with Gasteiger partial charge in [-0.25, -0.2) is 4.39 Å². The molecule has 0 radical (unpaired) electrons. The lowest BCUT2D eigenvalue weighted by Crippen LogP contribution is -2.13. The molecular weight excluding hydrogens is 307 g/mol. The second-order valence-electron chi connectivity index (χ2n) is 4.52. The number of nitrogens with one attached hydrogen (secondary N) is 1. The molecule has 22 heavy (non-hydrogen) atoms. The molecule has 1 heterocycles. The van der Waals surface area contributed by atoms with E-state index in [9.17, 15) is 9.18 Å². The molecule has 2 aromatic carbocycles. The molecule has 0 fully saturated rings. The molecule has 0 aliphatic carbocycles. The maximum Gasteiger partial charge on any atom is 0.277 e. The van der Waals surface area contributed by atoms with Crippen LogP contribution in [0.5, 0.6) is 0 Å². The first-order valence-electron chi connectivity index (χ1n) is 6.42. The molecule has 0 saturated heterocycles. The van der Waals surface area contributed by atoms with Crippen LogP contribution in [-0.2, 0) is 0 Å². The molecule has 0 spiro atoms. The first-order chi connectivity index (χ1) is 10.6. The minimum atomic E-state index is -0.547. The highest BCUT2D eigenvalue weighted by Gasteiger charge is 2.15. The second-order valence-corrected chi connectivity index (χ2v) is 4.95. The highest BCUT2D eigenvalue weighted by Crippen LogP contribution is 2.23. The Morgan fingerprint density at radius 2 is 1.86 bits per heavy atom. The van der Waals surface area contributed by atoms with Crippen molar-refractivity contribution in [2.45, 2.75) is 0 Å². The van der Waals surface area contributed by atoms with Gasteiger partial charge >= 0.3 is 0 Å². The molecule has 3 rings (SSSR count). The van der Waals surface area contributed by atoms with Gasteiger partial charge in [-0.3, -0.25) is 4.79 Å². The normalized spacial score (nSPS) is 10.5. The molecule has 3 aromatic rings. The fraction of sp³-hybridized carbons (Fsp3) is 0. The first-order valence-corrected chi connectivity index (χ1v) is 6.80. The molecule has 0 atom stereocenters. The Morgan fingerprint density at radius 3 is 2.59 bits per heavy atom. The van der Waals surface area contributed by atoms with Gasteiger partial charge in [-0.2, -0.15) is 0 Å². The summed E-state index contributed by atoms with van der Waals surface area (Å²) in [7, 11) is 0. The van der Waals surface area contributed by atoms with Gasteiger partial charge in [-0.05, 0) is 36.4 Å². The van der Waals surface area contributed by atoms with E-state index in [1.807, 2.05) is 0 Å². The second kappa shape index (κ2) is 5.99. The number of hydrogen-bond acceptors (Lipinski definition) is 3. The summed E-state index contributed by atoms with van der Waals surface area (Å²) in [6.45, 7) is 0. The lowest BCUT2D eigenvalue weighted by Gasteiger charge is -2.02. The Bertz CT molecular complexity index is 815. The predicted molar refractivity (Wildman–Crippen MR) is 81.3 cm³/mol. The third-order valence-corrected chi connectivity index (χ3v) is 3.25. The SMILES string of the molecule is O=C(Nc1ccccc1F)c1cc(-c2ccc(Cl)cc2)on1. The van der Waals surface area contributed by atoms with Crippen LogP contribution in [0, 0.1) is 5.82 Å². The van der Waals surface area contributed by atoms with E-state index in [4.69, 9.17) is 16.1 Å². The number of para-hydroxylation sites is 1. The van der Waals surface area contributed by atoms with Crippen molar-refractivity contribution in [1.82, 2.24) is 5.16 Å². The minimum Gasteiger partial charge on any atom is -0.355 e. The van der Waals surface area contributed by atoms with E-state index in [1.54, 1.807) is 36.4 Å². The maximum atomic E-state index is 13.5. The molecule has 1 amide bonds. The average molecular weight is 317 g/mol. The van der Waals surface area contributed by atoms with Crippen LogP contribution in [0.15, 0.2) is 59.1 Å². The Balaban J connectivity index is 1.80. The number of benzene rings is 2. The van der Waals surface area contributed by atoms with E-state index in [-0.39, 0.29) is 11.4 Å². The summed E-state index contributed by atoms with van der Waals surface area (Å²) in [6, 6.07) is 14.3. The average Bonchev–Trinajstić information content (AvgIpc) is 3.00. The highest BCUT2D eigenvalue weighted by atomic mass is 35.5.